The van der Waals surface area contributed by atoms with Crippen LogP contribution in [-0.4, -0.2) is 17.7 Å². The second-order valence-corrected chi connectivity index (χ2v) is 2.80. The van der Waals surface area contributed by atoms with Crippen LogP contribution in [0.5, 0.6) is 0 Å². The van der Waals surface area contributed by atoms with E-state index in [4.69, 9.17) is 12.2 Å². The molecule has 2 heteroatoms. The summed E-state index contributed by atoms with van der Waals surface area (Å²) in [6, 6.07) is 8.65. The van der Waals surface area contributed by atoms with E-state index >= 15 is 0 Å². The average molecular weight is 166 g/mol. The van der Waals surface area contributed by atoms with Crippen LogP contribution in [0.1, 0.15) is 13.4 Å². The normalized spacial score (nSPS) is 16.7. The third kappa shape index (κ3) is 3.03. The van der Waals surface area contributed by atoms with E-state index in [1.165, 1.54) is 0 Å². The molecule has 0 aromatic heterocycles. The fourth-order valence-corrected chi connectivity index (χ4v) is 1.03. The zero-order valence-electron chi connectivity index (χ0n) is 8.03. The second-order valence-electron chi connectivity index (χ2n) is 2.80. The molecular formula is C10H15NO. The maximum absolute atomic E-state index is 8.76. The van der Waals surface area contributed by atoms with E-state index in [2.05, 4.69) is 0 Å². The first-order chi connectivity index (χ1) is 6.14. The zero-order chi connectivity index (χ0) is 9.73. The molecule has 0 bridgehead atoms. The lowest BCUT2D eigenvalue weighted by Crippen LogP contribution is -2.24. The van der Waals surface area contributed by atoms with Crippen LogP contribution < -0.4 is 5.73 Å². The molecule has 3 N–H and O–H groups in total. The standard InChI is InChI=1S/C10H15NO/c11-10(8-12)7-6-9-4-2-1-3-5-9/h1-5,10,12H,6-8,11H2/t10-/m0/s1/i10D. The van der Waals surface area contributed by atoms with E-state index in [0.717, 1.165) is 12.0 Å². The first kappa shape index (κ1) is 7.77. The summed E-state index contributed by atoms with van der Waals surface area (Å²) in [4.78, 5) is 0. The van der Waals surface area contributed by atoms with Crippen molar-refractivity contribution in [1.29, 1.82) is 0 Å². The van der Waals surface area contributed by atoms with Gasteiger partial charge in [-0.25, -0.2) is 0 Å². The van der Waals surface area contributed by atoms with E-state index in [9.17, 15) is 0 Å². The minimum atomic E-state index is -1.20. The molecule has 1 aromatic carbocycles. The van der Waals surface area contributed by atoms with Crippen molar-refractivity contribution in [2.24, 2.45) is 5.73 Å². The molecule has 0 saturated heterocycles. The molecule has 1 aromatic rings. The van der Waals surface area contributed by atoms with Crippen LogP contribution in [0, 0.1) is 0 Å². The number of nitrogens with two attached hydrogens (primary N) is 1. The van der Waals surface area contributed by atoms with Gasteiger partial charge in [0.2, 0.25) is 0 Å². The minimum absolute atomic E-state index is 0.292. The van der Waals surface area contributed by atoms with Crippen LogP contribution in [0.4, 0.5) is 0 Å². The monoisotopic (exact) mass is 166 g/mol. The van der Waals surface area contributed by atoms with E-state index < -0.39 is 6.02 Å². The van der Waals surface area contributed by atoms with Gasteiger partial charge in [0.25, 0.3) is 0 Å². The number of hydrogen-bond donors (Lipinski definition) is 2. The van der Waals surface area contributed by atoms with Crippen LogP contribution in [0.2, 0.25) is 0 Å². The van der Waals surface area contributed by atoms with Crippen LogP contribution >= 0.6 is 0 Å². The van der Waals surface area contributed by atoms with Crippen molar-refractivity contribution in [1.82, 2.24) is 0 Å². The quantitative estimate of drug-likeness (QED) is 0.699. The number of aliphatic hydroxyl groups excluding tert-OH is 1. The van der Waals surface area contributed by atoms with Crippen LogP contribution in [0.3, 0.4) is 0 Å². The highest BCUT2D eigenvalue weighted by Crippen LogP contribution is 2.03. The van der Waals surface area contributed by atoms with Crippen molar-refractivity contribution in [3.63, 3.8) is 0 Å². The Balaban J connectivity index is 2.44. The summed E-state index contributed by atoms with van der Waals surface area (Å²) in [5, 5.41) is 8.76. The summed E-state index contributed by atoms with van der Waals surface area (Å²) in [6.07, 6.45) is 1.22. The maximum Gasteiger partial charge on any atom is 0.0582 e. The third-order valence-corrected chi connectivity index (χ3v) is 1.78. The Bertz CT molecular complexity index is 248. The van der Waals surface area contributed by atoms with Crippen LogP contribution in [0.25, 0.3) is 0 Å². The van der Waals surface area contributed by atoms with Gasteiger partial charge < -0.3 is 10.8 Å². The summed E-state index contributed by atoms with van der Waals surface area (Å²) in [7, 11) is 0. The Hall–Kier alpha value is -0.860. The van der Waals surface area contributed by atoms with Gasteiger partial charge in [0.05, 0.1) is 6.61 Å². The number of benzene rings is 1. The maximum atomic E-state index is 8.76. The SMILES string of the molecule is [2H][C@@](N)(CO)CCc1ccccc1. The Morgan fingerprint density at radius 2 is 2.08 bits per heavy atom. The molecule has 0 unspecified atom stereocenters. The zero-order valence-corrected chi connectivity index (χ0v) is 7.03. The molecule has 2 nitrogen and oxygen atoms in total. The molecule has 0 fully saturated rings. The summed E-state index contributed by atoms with van der Waals surface area (Å²) < 4.78 is 7.45. The van der Waals surface area contributed by atoms with E-state index in [1.54, 1.807) is 0 Å². The summed E-state index contributed by atoms with van der Waals surface area (Å²) in [5.74, 6) is 0. The van der Waals surface area contributed by atoms with Gasteiger partial charge in [0, 0.05) is 7.39 Å². The van der Waals surface area contributed by atoms with Crippen LogP contribution in [-0.2, 0) is 6.42 Å². The van der Waals surface area contributed by atoms with Gasteiger partial charge in [0.1, 0.15) is 0 Å². The van der Waals surface area contributed by atoms with Crippen LogP contribution in [0.15, 0.2) is 30.3 Å². The molecule has 1 rings (SSSR count). The molecule has 0 aliphatic carbocycles. The van der Waals surface area contributed by atoms with Crippen molar-refractivity contribution in [2.75, 3.05) is 6.61 Å². The highest BCUT2D eigenvalue weighted by atomic mass is 16.3. The first-order valence-electron chi connectivity index (χ1n) is 4.58. The van der Waals surface area contributed by atoms with Crippen molar-refractivity contribution in [3.8, 4) is 0 Å². The molecule has 0 aliphatic heterocycles. The molecule has 0 heterocycles. The number of aliphatic hydroxyl groups is 1. The van der Waals surface area contributed by atoms with Gasteiger partial charge >= 0.3 is 0 Å². The fraction of sp³-hybridized carbons (Fsp3) is 0.400. The van der Waals surface area contributed by atoms with Crippen molar-refractivity contribution >= 4 is 0 Å². The molecule has 0 radical (unpaired) electrons. The van der Waals surface area contributed by atoms with Crippen molar-refractivity contribution in [3.05, 3.63) is 35.9 Å². The molecule has 0 saturated carbocycles. The molecule has 0 spiro atoms. The Morgan fingerprint density at radius 3 is 2.67 bits per heavy atom. The highest BCUT2D eigenvalue weighted by molar-refractivity contribution is 5.14. The predicted molar refractivity (Wildman–Crippen MR) is 49.8 cm³/mol. The van der Waals surface area contributed by atoms with E-state index in [0.29, 0.717) is 6.42 Å². The number of aryl methyl sites for hydroxylation is 1. The lowest BCUT2D eigenvalue weighted by atomic mass is 10.1. The molecule has 12 heavy (non-hydrogen) atoms. The van der Waals surface area contributed by atoms with Gasteiger partial charge in [-0.3, -0.25) is 0 Å². The first-order valence-corrected chi connectivity index (χ1v) is 4.08. The van der Waals surface area contributed by atoms with Gasteiger partial charge in [-0.05, 0) is 18.4 Å². The third-order valence-electron chi connectivity index (χ3n) is 1.78. The second kappa shape index (κ2) is 4.91. The largest absolute Gasteiger partial charge is 0.395 e. The fourth-order valence-electron chi connectivity index (χ4n) is 1.03. The Labute approximate surface area is 74.4 Å². The lowest BCUT2D eigenvalue weighted by molar-refractivity contribution is 0.260. The summed E-state index contributed by atoms with van der Waals surface area (Å²) in [5.41, 5.74) is 6.63. The van der Waals surface area contributed by atoms with Gasteiger partial charge in [-0.1, -0.05) is 30.3 Å². The Morgan fingerprint density at radius 1 is 1.42 bits per heavy atom. The highest BCUT2D eigenvalue weighted by Gasteiger charge is 1.99. The molecule has 66 valence electrons. The summed E-state index contributed by atoms with van der Waals surface area (Å²) in [6.45, 7) is -0.292. The van der Waals surface area contributed by atoms with Crippen molar-refractivity contribution < 1.29 is 6.48 Å². The smallest absolute Gasteiger partial charge is 0.0582 e. The lowest BCUT2D eigenvalue weighted by Gasteiger charge is -2.06. The summed E-state index contributed by atoms with van der Waals surface area (Å²) >= 11 is 0. The number of hydrogen-bond acceptors (Lipinski definition) is 2. The van der Waals surface area contributed by atoms with E-state index in [-0.39, 0.29) is 6.61 Å². The number of rotatable bonds is 4. The van der Waals surface area contributed by atoms with Gasteiger partial charge in [-0.15, -0.1) is 0 Å². The molecule has 1 atom stereocenters. The predicted octanol–water partition coefficient (Wildman–Crippen LogP) is 0.939. The molecule has 0 aliphatic rings. The average Bonchev–Trinajstić information content (AvgIpc) is 2.17. The molecule has 0 amide bonds. The van der Waals surface area contributed by atoms with Gasteiger partial charge in [0.15, 0.2) is 0 Å². The molecular weight excluding hydrogens is 150 g/mol. The van der Waals surface area contributed by atoms with Crippen molar-refractivity contribution in [2.45, 2.75) is 18.9 Å². The Kier molecular flexibility index (Phi) is 3.18. The van der Waals surface area contributed by atoms with Gasteiger partial charge in [-0.2, -0.15) is 0 Å². The minimum Gasteiger partial charge on any atom is -0.395 e. The topological polar surface area (TPSA) is 46.2 Å². The van der Waals surface area contributed by atoms with E-state index in [1.807, 2.05) is 30.3 Å².